The van der Waals surface area contributed by atoms with E-state index in [1.165, 1.54) is 11.8 Å². The van der Waals surface area contributed by atoms with Gasteiger partial charge >= 0.3 is 0 Å². The molecule has 0 saturated heterocycles. The van der Waals surface area contributed by atoms with Crippen molar-refractivity contribution in [2.24, 2.45) is 0 Å². The summed E-state index contributed by atoms with van der Waals surface area (Å²) in [5.41, 5.74) is 4.12. The summed E-state index contributed by atoms with van der Waals surface area (Å²) in [6.45, 7) is 0. The van der Waals surface area contributed by atoms with Gasteiger partial charge in [0.1, 0.15) is 5.54 Å². The van der Waals surface area contributed by atoms with Gasteiger partial charge in [0, 0.05) is 5.75 Å². The van der Waals surface area contributed by atoms with Crippen LogP contribution in [0, 0.1) is 0 Å². The first kappa shape index (κ1) is 23.0. The molecule has 4 aromatic carbocycles. The lowest BCUT2D eigenvalue weighted by molar-refractivity contribution is 0.525. The fourth-order valence-corrected chi connectivity index (χ4v) is 5.70. The monoisotopic (exact) mass is 500 g/mol. The van der Waals surface area contributed by atoms with Gasteiger partial charge in [-0.25, -0.2) is 9.97 Å². The zero-order valence-corrected chi connectivity index (χ0v) is 20.8. The Balaban J connectivity index is 1.61. The number of aromatic nitrogens is 4. The van der Waals surface area contributed by atoms with Crippen molar-refractivity contribution in [1.29, 1.82) is 0 Å². The Labute approximate surface area is 218 Å². The number of aromatic amines is 1. The average Bonchev–Trinajstić information content (AvgIpc) is 3.40. The number of nitrogens with zero attached hydrogens (tertiary/aromatic N) is 3. The molecule has 0 aliphatic heterocycles. The van der Waals surface area contributed by atoms with Crippen LogP contribution in [0.1, 0.15) is 22.3 Å². The predicted molar refractivity (Wildman–Crippen MR) is 149 cm³/mol. The van der Waals surface area contributed by atoms with Crippen LogP contribution in [0.15, 0.2) is 138 Å². The SMILES string of the molecule is O=c1[nH]c(SCc2ccccc2)nc2c1ncn2C(c1ccccc1)(c1ccccc1)c1ccccc1. The highest BCUT2D eigenvalue weighted by Crippen LogP contribution is 2.42. The molecule has 2 heterocycles. The number of imidazole rings is 1. The van der Waals surface area contributed by atoms with E-state index >= 15 is 0 Å². The third-order valence-electron chi connectivity index (χ3n) is 6.54. The zero-order chi connectivity index (χ0) is 25.1. The van der Waals surface area contributed by atoms with E-state index in [9.17, 15) is 4.79 Å². The fourth-order valence-electron chi connectivity index (χ4n) is 4.88. The molecule has 5 nitrogen and oxygen atoms in total. The van der Waals surface area contributed by atoms with Crippen molar-refractivity contribution >= 4 is 22.9 Å². The van der Waals surface area contributed by atoms with E-state index in [2.05, 4.69) is 58.5 Å². The van der Waals surface area contributed by atoms with Crippen molar-refractivity contribution in [1.82, 2.24) is 19.5 Å². The topological polar surface area (TPSA) is 63.6 Å². The first-order valence-electron chi connectivity index (χ1n) is 12.1. The molecule has 2 aromatic heterocycles. The maximum absolute atomic E-state index is 13.2. The molecule has 0 fully saturated rings. The van der Waals surface area contributed by atoms with E-state index in [4.69, 9.17) is 4.98 Å². The van der Waals surface area contributed by atoms with Crippen LogP contribution in [0.25, 0.3) is 11.2 Å². The maximum atomic E-state index is 13.2. The summed E-state index contributed by atoms with van der Waals surface area (Å²) >= 11 is 1.50. The number of hydrogen-bond donors (Lipinski definition) is 1. The summed E-state index contributed by atoms with van der Waals surface area (Å²) in [7, 11) is 0. The van der Waals surface area contributed by atoms with E-state index in [1.54, 1.807) is 6.33 Å². The van der Waals surface area contributed by atoms with Gasteiger partial charge < -0.3 is 0 Å². The van der Waals surface area contributed by atoms with Crippen molar-refractivity contribution in [2.75, 3.05) is 0 Å². The smallest absolute Gasteiger partial charge is 0.279 e. The zero-order valence-electron chi connectivity index (χ0n) is 20.0. The molecule has 0 atom stereocenters. The van der Waals surface area contributed by atoms with Crippen LogP contribution in [0.4, 0.5) is 0 Å². The third kappa shape index (κ3) is 4.15. The van der Waals surface area contributed by atoms with Crippen molar-refractivity contribution in [3.63, 3.8) is 0 Å². The lowest BCUT2D eigenvalue weighted by Crippen LogP contribution is -2.37. The minimum atomic E-state index is -0.791. The second-order valence-corrected chi connectivity index (χ2v) is 9.70. The summed E-state index contributed by atoms with van der Waals surface area (Å²) < 4.78 is 2.05. The molecule has 6 heteroatoms. The second-order valence-electron chi connectivity index (χ2n) is 8.74. The van der Waals surface area contributed by atoms with Crippen molar-refractivity contribution in [2.45, 2.75) is 16.4 Å². The second kappa shape index (κ2) is 9.91. The molecule has 0 radical (unpaired) electrons. The van der Waals surface area contributed by atoms with E-state index in [0.29, 0.717) is 22.1 Å². The van der Waals surface area contributed by atoms with Crippen LogP contribution in [-0.4, -0.2) is 19.5 Å². The van der Waals surface area contributed by atoms with Gasteiger partial charge in [-0.1, -0.05) is 133 Å². The average molecular weight is 501 g/mol. The number of nitrogens with one attached hydrogen (secondary N) is 1. The molecule has 0 aliphatic carbocycles. The van der Waals surface area contributed by atoms with E-state index < -0.39 is 5.54 Å². The highest BCUT2D eigenvalue weighted by Gasteiger charge is 2.40. The minimum absolute atomic E-state index is 0.248. The molecule has 0 saturated carbocycles. The van der Waals surface area contributed by atoms with Crippen LogP contribution >= 0.6 is 11.8 Å². The van der Waals surface area contributed by atoms with Gasteiger partial charge in [0.25, 0.3) is 5.56 Å². The van der Waals surface area contributed by atoms with Crippen LogP contribution in [0.2, 0.25) is 0 Å². The number of fused-ring (bicyclic) bond motifs is 1. The number of benzene rings is 4. The number of hydrogen-bond acceptors (Lipinski definition) is 4. The Morgan fingerprint density at radius 2 is 1.19 bits per heavy atom. The molecule has 6 rings (SSSR count). The summed E-state index contributed by atoms with van der Waals surface area (Å²) in [6.07, 6.45) is 1.74. The number of rotatable bonds is 7. The fraction of sp³-hybridized carbons (Fsp3) is 0.0645. The molecular weight excluding hydrogens is 476 g/mol. The van der Waals surface area contributed by atoms with E-state index in [0.717, 1.165) is 22.3 Å². The molecule has 0 bridgehead atoms. The van der Waals surface area contributed by atoms with Crippen LogP contribution in [-0.2, 0) is 11.3 Å². The Hall–Kier alpha value is -4.42. The molecular formula is C31H24N4OS. The Kier molecular flexibility index (Phi) is 6.16. The largest absolute Gasteiger partial charge is 0.299 e. The summed E-state index contributed by atoms with van der Waals surface area (Å²) in [5, 5.41) is 0.561. The van der Waals surface area contributed by atoms with Crippen molar-refractivity contribution in [3.05, 3.63) is 160 Å². The molecule has 180 valence electrons. The lowest BCUT2D eigenvalue weighted by atomic mass is 9.76. The summed E-state index contributed by atoms with van der Waals surface area (Å²) in [6, 6.07) is 41.1. The lowest BCUT2D eigenvalue weighted by Gasteiger charge is -2.37. The molecule has 0 amide bonds. The number of thioether (sulfide) groups is 1. The first-order chi connectivity index (χ1) is 18.3. The molecule has 1 N–H and O–H groups in total. The van der Waals surface area contributed by atoms with E-state index in [-0.39, 0.29) is 5.56 Å². The normalized spacial score (nSPS) is 11.6. The molecule has 0 aliphatic rings. The molecule has 6 aromatic rings. The first-order valence-corrected chi connectivity index (χ1v) is 13.1. The Bertz CT molecular complexity index is 1590. The van der Waals surface area contributed by atoms with Gasteiger partial charge in [-0.15, -0.1) is 0 Å². The van der Waals surface area contributed by atoms with Crippen LogP contribution in [0.3, 0.4) is 0 Å². The Morgan fingerprint density at radius 3 is 1.70 bits per heavy atom. The van der Waals surface area contributed by atoms with Crippen molar-refractivity contribution < 1.29 is 0 Å². The van der Waals surface area contributed by atoms with Crippen molar-refractivity contribution in [3.8, 4) is 0 Å². The predicted octanol–water partition coefficient (Wildman–Crippen LogP) is 6.25. The van der Waals surface area contributed by atoms with Gasteiger partial charge in [-0.05, 0) is 22.3 Å². The summed E-state index contributed by atoms with van der Waals surface area (Å²) in [4.78, 5) is 25.6. The minimum Gasteiger partial charge on any atom is -0.299 e. The number of H-pyrrole nitrogens is 1. The van der Waals surface area contributed by atoms with E-state index in [1.807, 2.05) is 77.4 Å². The van der Waals surface area contributed by atoms with Crippen LogP contribution in [0.5, 0.6) is 0 Å². The van der Waals surface area contributed by atoms with Gasteiger partial charge in [0.2, 0.25) is 0 Å². The third-order valence-corrected chi connectivity index (χ3v) is 7.48. The van der Waals surface area contributed by atoms with Gasteiger partial charge in [-0.3, -0.25) is 14.3 Å². The standard InChI is InChI=1S/C31H24N4OS/c36-29-27-28(33-30(34-29)37-21-23-13-5-1-6-14-23)35(22-32-27)31(24-15-7-2-8-16-24,25-17-9-3-10-18-25)26-19-11-4-12-20-26/h1-20,22H,21H2,(H,33,34,36). The Morgan fingerprint density at radius 1 is 0.703 bits per heavy atom. The quantitative estimate of drug-likeness (QED) is 0.160. The van der Waals surface area contributed by atoms with Crippen LogP contribution < -0.4 is 5.56 Å². The molecule has 37 heavy (non-hydrogen) atoms. The maximum Gasteiger partial charge on any atom is 0.279 e. The highest BCUT2D eigenvalue weighted by molar-refractivity contribution is 7.98. The van der Waals surface area contributed by atoms with Gasteiger partial charge in [-0.2, -0.15) is 0 Å². The van der Waals surface area contributed by atoms with Gasteiger partial charge in [0.15, 0.2) is 16.3 Å². The van der Waals surface area contributed by atoms with Gasteiger partial charge in [0.05, 0.1) is 6.33 Å². The molecule has 0 spiro atoms. The molecule has 0 unspecified atom stereocenters. The summed E-state index contributed by atoms with van der Waals surface area (Å²) in [5.74, 6) is 0.699. The highest BCUT2D eigenvalue weighted by atomic mass is 32.2.